The van der Waals surface area contributed by atoms with Crippen LogP contribution in [0.3, 0.4) is 0 Å². The number of nitrogens with one attached hydrogen (secondary N) is 2. The number of anilines is 2. The van der Waals surface area contributed by atoms with Gasteiger partial charge in [0.05, 0.1) is 17.1 Å². The summed E-state index contributed by atoms with van der Waals surface area (Å²) < 4.78 is 2.34. The smallest absolute Gasteiger partial charge is 0.257 e. The lowest BCUT2D eigenvalue weighted by atomic mass is 10.1. The van der Waals surface area contributed by atoms with Gasteiger partial charge >= 0.3 is 0 Å². The van der Waals surface area contributed by atoms with Gasteiger partial charge in [-0.2, -0.15) is 10.4 Å². The van der Waals surface area contributed by atoms with Gasteiger partial charge in [-0.1, -0.05) is 12.1 Å². The minimum absolute atomic E-state index is 0.184. The van der Waals surface area contributed by atoms with Gasteiger partial charge in [0, 0.05) is 35.7 Å². The van der Waals surface area contributed by atoms with E-state index >= 15 is 0 Å². The monoisotopic (exact) mass is 460 g/mol. The predicted octanol–water partition coefficient (Wildman–Crippen LogP) is 4.58. The molecule has 2 aromatic carbocycles. The summed E-state index contributed by atoms with van der Waals surface area (Å²) >= 11 is 3.37. The maximum Gasteiger partial charge on any atom is 0.257 e. The van der Waals surface area contributed by atoms with Gasteiger partial charge in [0.1, 0.15) is 11.1 Å². The number of nitrogens with zero attached hydrogens (tertiary/aromatic N) is 4. The zero-order chi connectivity index (χ0) is 20.9. The van der Waals surface area contributed by atoms with Gasteiger partial charge in [-0.15, -0.1) is 0 Å². The number of benzene rings is 2. The average Bonchev–Trinajstić information content (AvgIpc) is 3.14. The molecule has 2 heterocycles. The maximum absolute atomic E-state index is 12.9. The van der Waals surface area contributed by atoms with Crippen molar-refractivity contribution in [1.29, 1.82) is 5.26 Å². The molecule has 30 heavy (non-hydrogen) atoms. The molecule has 4 rings (SSSR count). The molecule has 0 saturated carbocycles. The van der Waals surface area contributed by atoms with Crippen LogP contribution in [0.1, 0.15) is 15.9 Å². The minimum Gasteiger partial charge on any atom is -0.380 e. The number of rotatable bonds is 6. The average molecular weight is 461 g/mol. The summed E-state index contributed by atoms with van der Waals surface area (Å²) in [5.74, 6) is -0.210. The lowest BCUT2D eigenvalue weighted by Crippen LogP contribution is -2.14. The molecule has 0 spiro atoms. The fourth-order valence-electron chi connectivity index (χ4n) is 3.09. The molecular formula is C22H17BrN6O. The van der Waals surface area contributed by atoms with Crippen LogP contribution in [-0.2, 0) is 13.1 Å². The number of halogens is 1. The van der Waals surface area contributed by atoms with E-state index in [9.17, 15) is 4.79 Å². The van der Waals surface area contributed by atoms with E-state index < -0.39 is 0 Å². The molecule has 0 bridgehead atoms. The summed E-state index contributed by atoms with van der Waals surface area (Å²) in [6.07, 6.45) is 3.52. The molecule has 7 nitrogen and oxygen atoms in total. The highest BCUT2D eigenvalue weighted by Gasteiger charge is 2.12. The molecule has 2 N–H and O–H groups in total. The van der Waals surface area contributed by atoms with Crippen LogP contribution in [0.25, 0.3) is 10.9 Å². The number of hydrogen-bond acceptors (Lipinski definition) is 5. The first kappa shape index (κ1) is 19.6. The first-order valence-electron chi connectivity index (χ1n) is 9.21. The Morgan fingerprint density at radius 3 is 2.87 bits per heavy atom. The van der Waals surface area contributed by atoms with E-state index in [1.807, 2.05) is 42.5 Å². The molecule has 1 amide bonds. The first-order valence-corrected chi connectivity index (χ1v) is 10.0. The molecule has 148 valence electrons. The number of fused-ring (bicyclic) bond motifs is 1. The molecule has 4 aromatic rings. The van der Waals surface area contributed by atoms with Gasteiger partial charge in [-0.05, 0) is 64.0 Å². The van der Waals surface area contributed by atoms with Crippen molar-refractivity contribution in [2.45, 2.75) is 13.1 Å². The van der Waals surface area contributed by atoms with Crippen molar-refractivity contribution in [3.8, 4) is 6.07 Å². The van der Waals surface area contributed by atoms with E-state index in [4.69, 9.17) is 5.26 Å². The number of carbonyl (C=O) groups excluding carboxylic acids is 1. The molecular weight excluding hydrogens is 444 g/mol. The molecule has 0 radical (unpaired) electrons. The Morgan fingerprint density at radius 1 is 1.17 bits per heavy atom. The highest BCUT2D eigenvalue weighted by molar-refractivity contribution is 9.10. The highest BCUT2D eigenvalue weighted by Crippen LogP contribution is 2.21. The van der Waals surface area contributed by atoms with E-state index in [0.717, 1.165) is 26.8 Å². The Bertz CT molecular complexity index is 1260. The van der Waals surface area contributed by atoms with E-state index in [1.165, 1.54) is 0 Å². The molecule has 0 unspecified atom stereocenters. The number of carbonyl (C=O) groups is 1. The molecule has 2 aromatic heterocycles. The molecule has 8 heteroatoms. The minimum atomic E-state index is -0.210. The van der Waals surface area contributed by atoms with Gasteiger partial charge < -0.3 is 10.6 Å². The van der Waals surface area contributed by atoms with Crippen LogP contribution < -0.4 is 10.6 Å². The lowest BCUT2D eigenvalue weighted by molar-refractivity contribution is 0.102. The van der Waals surface area contributed by atoms with Crippen molar-refractivity contribution in [1.82, 2.24) is 14.8 Å². The summed E-state index contributed by atoms with van der Waals surface area (Å²) in [7, 11) is 0. The van der Waals surface area contributed by atoms with E-state index in [1.54, 1.807) is 29.2 Å². The zero-order valence-electron chi connectivity index (χ0n) is 15.8. The van der Waals surface area contributed by atoms with Crippen LogP contribution in [0, 0.1) is 11.3 Å². The number of nitriles is 1. The lowest BCUT2D eigenvalue weighted by Gasteiger charge is -2.12. The van der Waals surface area contributed by atoms with Gasteiger partial charge in [0.25, 0.3) is 5.91 Å². The van der Waals surface area contributed by atoms with Crippen LogP contribution in [0.2, 0.25) is 0 Å². The topological polar surface area (TPSA) is 95.6 Å². The highest BCUT2D eigenvalue weighted by atomic mass is 79.9. The second-order valence-electron chi connectivity index (χ2n) is 6.60. The van der Waals surface area contributed by atoms with Crippen LogP contribution in [-0.4, -0.2) is 20.7 Å². The summed E-state index contributed by atoms with van der Waals surface area (Å²) in [6.45, 7) is 0.749. The third-order valence-corrected chi connectivity index (χ3v) is 4.92. The number of hydrogen-bond donors (Lipinski definition) is 2. The fourth-order valence-corrected chi connectivity index (χ4v) is 3.50. The zero-order valence-corrected chi connectivity index (χ0v) is 17.4. The predicted molar refractivity (Wildman–Crippen MR) is 119 cm³/mol. The second-order valence-corrected chi connectivity index (χ2v) is 7.41. The molecule has 0 saturated heterocycles. The van der Waals surface area contributed by atoms with Gasteiger partial charge in [-0.25, -0.2) is 4.98 Å². The Hall–Kier alpha value is -3.70. The van der Waals surface area contributed by atoms with Crippen molar-refractivity contribution in [3.63, 3.8) is 0 Å². The normalized spacial score (nSPS) is 10.5. The number of amides is 1. The van der Waals surface area contributed by atoms with Crippen molar-refractivity contribution < 1.29 is 4.79 Å². The molecule has 0 aliphatic rings. The van der Waals surface area contributed by atoms with Crippen molar-refractivity contribution in [2.24, 2.45) is 0 Å². The Balaban J connectivity index is 1.51. The standard InChI is InChI=1S/C22H17BrN6O/c23-21-11-15(7-9-25-21)13-26-20-4-2-1-3-18(20)22(30)27-17-5-6-19-16(12-17)14-29(28-19)10-8-24/h1-7,9,11-12,14,26H,10,13H2,(H,27,30). The third-order valence-electron chi connectivity index (χ3n) is 4.49. The third kappa shape index (κ3) is 4.47. The SMILES string of the molecule is N#CCn1cc2cc(NC(=O)c3ccccc3NCc3ccnc(Br)c3)ccc2n1. The molecule has 0 aliphatic heterocycles. The summed E-state index contributed by atoms with van der Waals surface area (Å²) in [5.41, 5.74) is 3.77. The van der Waals surface area contributed by atoms with Crippen LogP contribution >= 0.6 is 15.9 Å². The summed E-state index contributed by atoms with van der Waals surface area (Å²) in [6, 6.07) is 18.8. The second kappa shape index (κ2) is 8.76. The van der Waals surface area contributed by atoms with Crippen LogP contribution in [0.5, 0.6) is 0 Å². The van der Waals surface area contributed by atoms with E-state index in [-0.39, 0.29) is 12.5 Å². The van der Waals surface area contributed by atoms with Gasteiger partial charge in [-0.3, -0.25) is 9.48 Å². The van der Waals surface area contributed by atoms with E-state index in [2.05, 4.69) is 42.7 Å². The van der Waals surface area contributed by atoms with Gasteiger partial charge in [0.2, 0.25) is 0 Å². The quantitative estimate of drug-likeness (QED) is 0.410. The summed E-state index contributed by atoms with van der Waals surface area (Å²) in [4.78, 5) is 17.0. The molecule has 0 atom stereocenters. The Labute approximate surface area is 181 Å². The largest absolute Gasteiger partial charge is 0.380 e. The van der Waals surface area contributed by atoms with Crippen molar-refractivity contribution >= 4 is 44.1 Å². The van der Waals surface area contributed by atoms with Crippen molar-refractivity contribution in [3.05, 3.63) is 82.7 Å². The number of aromatic nitrogens is 3. The molecule has 0 fully saturated rings. The van der Waals surface area contributed by atoms with Gasteiger partial charge in [0.15, 0.2) is 0 Å². The Kier molecular flexibility index (Phi) is 5.72. The van der Waals surface area contributed by atoms with Crippen LogP contribution in [0.4, 0.5) is 11.4 Å². The summed E-state index contributed by atoms with van der Waals surface area (Å²) in [5, 5.41) is 20.3. The van der Waals surface area contributed by atoms with Crippen LogP contribution in [0.15, 0.2) is 71.6 Å². The number of pyridine rings is 1. The number of para-hydroxylation sites is 1. The molecule has 0 aliphatic carbocycles. The Morgan fingerprint density at radius 2 is 2.03 bits per heavy atom. The fraction of sp³-hybridized carbons (Fsp3) is 0.0909. The van der Waals surface area contributed by atoms with Crippen molar-refractivity contribution in [2.75, 3.05) is 10.6 Å². The first-order chi connectivity index (χ1) is 14.6. The van der Waals surface area contributed by atoms with E-state index in [0.29, 0.717) is 17.8 Å². The maximum atomic E-state index is 12.9.